The zero-order valence-corrected chi connectivity index (χ0v) is 11.4. The van der Waals surface area contributed by atoms with Crippen molar-refractivity contribution in [2.75, 3.05) is 0 Å². The van der Waals surface area contributed by atoms with Crippen molar-refractivity contribution in [1.82, 2.24) is 14.5 Å². The third-order valence-corrected chi connectivity index (χ3v) is 6.86. The number of imidazole rings is 1. The normalized spacial score (nSPS) is 34.6. The minimum absolute atomic E-state index is 0.0490. The van der Waals surface area contributed by atoms with E-state index in [0.29, 0.717) is 0 Å². The molecule has 2 saturated heterocycles. The largest absolute Gasteiger partial charge is 0.480 e. The van der Waals surface area contributed by atoms with Gasteiger partial charge in [0.15, 0.2) is 15.9 Å². The van der Waals surface area contributed by atoms with E-state index in [1.54, 1.807) is 6.20 Å². The molecular formula is C11H13N3O5S. The molecule has 3 rings (SSSR count). The smallest absolute Gasteiger partial charge is 0.328 e. The fraction of sp³-hybridized carbons (Fsp3) is 0.545. The Morgan fingerprint density at radius 1 is 1.60 bits per heavy atom. The number of β-lactam (4-membered cyclic amide) rings is 1. The first-order chi connectivity index (χ1) is 9.29. The van der Waals surface area contributed by atoms with Crippen molar-refractivity contribution >= 4 is 21.7 Å². The first kappa shape index (κ1) is 13.1. The molecule has 108 valence electrons. The van der Waals surface area contributed by atoms with Crippen LogP contribution < -0.4 is 0 Å². The summed E-state index contributed by atoms with van der Waals surface area (Å²) in [6, 6.07) is -1.36. The second-order valence-corrected chi connectivity index (χ2v) is 7.86. The number of fused-ring (bicyclic) bond motifs is 1. The minimum Gasteiger partial charge on any atom is -0.480 e. The lowest BCUT2D eigenvalue weighted by molar-refractivity contribution is -0.157. The first-order valence-electron chi connectivity index (χ1n) is 6.02. The van der Waals surface area contributed by atoms with Crippen molar-refractivity contribution in [2.24, 2.45) is 0 Å². The summed E-state index contributed by atoms with van der Waals surface area (Å²) < 4.78 is 25.1. The Hall–Kier alpha value is -1.90. The van der Waals surface area contributed by atoms with E-state index in [4.69, 9.17) is 0 Å². The van der Waals surface area contributed by atoms with E-state index in [9.17, 15) is 23.1 Å². The van der Waals surface area contributed by atoms with Crippen LogP contribution in [0.3, 0.4) is 0 Å². The van der Waals surface area contributed by atoms with E-state index in [0.717, 1.165) is 4.90 Å². The zero-order chi connectivity index (χ0) is 14.7. The van der Waals surface area contributed by atoms with E-state index in [-0.39, 0.29) is 13.0 Å². The third-order valence-electron chi connectivity index (χ3n) is 4.10. The highest BCUT2D eigenvalue weighted by molar-refractivity contribution is 7.93. The van der Waals surface area contributed by atoms with Gasteiger partial charge < -0.3 is 14.6 Å². The van der Waals surface area contributed by atoms with Gasteiger partial charge >= 0.3 is 5.97 Å². The van der Waals surface area contributed by atoms with Crippen LogP contribution >= 0.6 is 0 Å². The maximum absolute atomic E-state index is 12.6. The number of sulfone groups is 1. The topological polar surface area (TPSA) is 110 Å². The molecule has 0 saturated carbocycles. The molecule has 0 aromatic carbocycles. The van der Waals surface area contributed by atoms with Crippen molar-refractivity contribution in [3.63, 3.8) is 0 Å². The van der Waals surface area contributed by atoms with E-state index < -0.39 is 37.9 Å². The summed E-state index contributed by atoms with van der Waals surface area (Å²) in [5, 5.41) is 8.36. The third kappa shape index (κ3) is 1.41. The fourth-order valence-electron chi connectivity index (χ4n) is 3.03. The highest BCUT2D eigenvalue weighted by atomic mass is 32.2. The lowest BCUT2D eigenvalue weighted by Crippen LogP contribution is -2.57. The molecule has 1 amide bonds. The van der Waals surface area contributed by atoms with E-state index >= 15 is 0 Å². The average Bonchev–Trinajstić information content (AvgIpc) is 2.87. The van der Waals surface area contributed by atoms with Crippen molar-refractivity contribution < 1.29 is 23.1 Å². The molecule has 0 spiro atoms. The summed E-state index contributed by atoms with van der Waals surface area (Å²) >= 11 is 0. The van der Waals surface area contributed by atoms with Gasteiger partial charge in [-0.2, -0.15) is 0 Å². The second kappa shape index (κ2) is 3.81. The van der Waals surface area contributed by atoms with Gasteiger partial charge in [-0.25, -0.2) is 18.2 Å². The van der Waals surface area contributed by atoms with Crippen LogP contribution in [0.25, 0.3) is 0 Å². The van der Waals surface area contributed by atoms with Crippen LogP contribution in [0, 0.1) is 0 Å². The van der Waals surface area contributed by atoms with Gasteiger partial charge in [0, 0.05) is 18.9 Å². The Labute approximate surface area is 114 Å². The van der Waals surface area contributed by atoms with Crippen molar-refractivity contribution in [2.45, 2.75) is 36.1 Å². The number of rotatable bonds is 3. The second-order valence-electron chi connectivity index (χ2n) is 5.29. The lowest BCUT2D eigenvalue weighted by Gasteiger charge is -2.35. The number of aliphatic carboxylic acids is 1. The lowest BCUT2D eigenvalue weighted by atomic mass is 9.96. The van der Waals surface area contributed by atoms with Gasteiger partial charge in [0.25, 0.3) is 0 Å². The Morgan fingerprint density at radius 3 is 2.80 bits per heavy atom. The molecule has 0 bridgehead atoms. The van der Waals surface area contributed by atoms with Crippen molar-refractivity contribution in [3.8, 4) is 0 Å². The van der Waals surface area contributed by atoms with Gasteiger partial charge in [0.05, 0.1) is 12.7 Å². The standard InChI is InChI=1S/C11H13N3O5S/c1-11(5-13-3-2-12-6-13)9(10(16)17)14-7(15)4-8(14)20(11,18)19/h2-3,6,8-9H,4-5H2,1H3,(H,16,17)/t8?,9-,11-/m0/s1. The molecule has 8 nitrogen and oxygen atoms in total. The molecule has 1 unspecified atom stereocenters. The monoisotopic (exact) mass is 299 g/mol. The van der Waals surface area contributed by atoms with Crippen LogP contribution in [0.4, 0.5) is 0 Å². The summed E-state index contributed by atoms with van der Waals surface area (Å²) in [7, 11) is -3.76. The van der Waals surface area contributed by atoms with Gasteiger partial charge in [0.2, 0.25) is 5.91 Å². The number of carboxylic acid groups (broad SMARTS) is 1. The number of aromatic nitrogens is 2. The van der Waals surface area contributed by atoms with Crippen molar-refractivity contribution in [1.29, 1.82) is 0 Å². The molecule has 20 heavy (non-hydrogen) atoms. The van der Waals surface area contributed by atoms with Crippen LogP contribution in [0.5, 0.6) is 0 Å². The van der Waals surface area contributed by atoms with Crippen LogP contribution in [0.1, 0.15) is 13.3 Å². The molecule has 0 aliphatic carbocycles. The SMILES string of the molecule is C[C@]1(Cn2ccnc2)[C@H](C(=O)O)N2C(=O)CC2S1(=O)=O. The fourth-order valence-corrected chi connectivity index (χ4v) is 5.41. The summed E-state index contributed by atoms with van der Waals surface area (Å²) in [6.07, 6.45) is 4.35. The van der Waals surface area contributed by atoms with Crippen molar-refractivity contribution in [3.05, 3.63) is 18.7 Å². The number of nitrogens with zero attached hydrogens (tertiary/aromatic N) is 3. The first-order valence-corrected chi connectivity index (χ1v) is 7.57. The predicted octanol–water partition coefficient (Wildman–Crippen LogP) is -0.918. The maximum Gasteiger partial charge on any atom is 0.328 e. The van der Waals surface area contributed by atoms with Gasteiger partial charge in [-0.1, -0.05) is 0 Å². The number of carbonyl (C=O) groups is 2. The summed E-state index contributed by atoms with van der Waals surface area (Å²) in [5.74, 6) is -1.73. The van der Waals surface area contributed by atoms with Gasteiger partial charge in [0.1, 0.15) is 10.1 Å². The minimum atomic E-state index is -3.76. The van der Waals surface area contributed by atoms with Gasteiger partial charge in [-0.3, -0.25) is 4.79 Å². The highest BCUT2D eigenvalue weighted by Crippen LogP contribution is 2.46. The Bertz CT molecular complexity index is 683. The van der Waals surface area contributed by atoms with E-state index in [2.05, 4.69) is 4.98 Å². The van der Waals surface area contributed by atoms with Gasteiger partial charge in [-0.15, -0.1) is 0 Å². The van der Waals surface area contributed by atoms with Crippen LogP contribution in [-0.2, 0) is 26.0 Å². The molecule has 3 heterocycles. The van der Waals surface area contributed by atoms with E-state index in [1.807, 2.05) is 0 Å². The average molecular weight is 299 g/mol. The molecule has 1 aromatic rings. The Balaban J connectivity index is 2.10. The molecule has 1 aromatic heterocycles. The number of carboxylic acids is 1. The van der Waals surface area contributed by atoms with E-state index in [1.165, 1.54) is 24.0 Å². The molecule has 1 N–H and O–H groups in total. The van der Waals surface area contributed by atoms with Crippen LogP contribution in [-0.4, -0.2) is 56.0 Å². The van der Waals surface area contributed by atoms with Crippen LogP contribution in [0.2, 0.25) is 0 Å². The number of amides is 1. The zero-order valence-electron chi connectivity index (χ0n) is 10.6. The highest BCUT2D eigenvalue weighted by Gasteiger charge is 2.69. The molecule has 2 aliphatic heterocycles. The predicted molar refractivity (Wildman–Crippen MR) is 66.2 cm³/mol. The molecular weight excluding hydrogens is 286 g/mol. The Morgan fingerprint density at radius 2 is 2.30 bits per heavy atom. The molecule has 2 aliphatic rings. The van der Waals surface area contributed by atoms with Gasteiger partial charge in [-0.05, 0) is 6.92 Å². The number of hydrogen-bond donors (Lipinski definition) is 1. The molecule has 2 fully saturated rings. The molecule has 9 heteroatoms. The summed E-state index contributed by atoms with van der Waals surface area (Å²) in [4.78, 5) is 27.9. The van der Waals surface area contributed by atoms with Crippen LogP contribution in [0.15, 0.2) is 18.7 Å². The number of hydrogen-bond acceptors (Lipinski definition) is 5. The summed E-state index contributed by atoms with van der Waals surface area (Å²) in [5.41, 5.74) is 0. The summed E-state index contributed by atoms with van der Waals surface area (Å²) in [6.45, 7) is 1.33. The molecule has 0 radical (unpaired) electrons. The quantitative estimate of drug-likeness (QED) is 0.723. The number of carbonyl (C=O) groups excluding carboxylic acids is 1. The maximum atomic E-state index is 12.6. The molecule has 3 atom stereocenters. The Kier molecular flexibility index (Phi) is 2.50.